The first-order valence-corrected chi connectivity index (χ1v) is 9.23. The van der Waals surface area contributed by atoms with Crippen LogP contribution in [0, 0.1) is 13.8 Å². The maximum absolute atomic E-state index is 5.92. The molecule has 0 bridgehead atoms. The van der Waals surface area contributed by atoms with E-state index in [4.69, 9.17) is 9.47 Å². The molecule has 108 valence electrons. The van der Waals surface area contributed by atoms with Crippen LogP contribution in [0.1, 0.15) is 9.75 Å². The van der Waals surface area contributed by atoms with Crippen molar-refractivity contribution in [2.24, 2.45) is 0 Å². The van der Waals surface area contributed by atoms with Gasteiger partial charge in [-0.15, -0.1) is 34.0 Å². The van der Waals surface area contributed by atoms with Gasteiger partial charge in [0.05, 0.1) is 9.75 Å². The van der Waals surface area contributed by atoms with Gasteiger partial charge >= 0.3 is 0 Å². The van der Waals surface area contributed by atoms with Gasteiger partial charge in [0, 0.05) is 19.5 Å². The molecule has 0 aromatic carbocycles. The van der Waals surface area contributed by atoms with Gasteiger partial charge in [-0.2, -0.15) is 0 Å². The largest absolute Gasteiger partial charge is 0.485 e. The van der Waals surface area contributed by atoms with Crippen molar-refractivity contribution in [3.05, 3.63) is 34.0 Å². The summed E-state index contributed by atoms with van der Waals surface area (Å²) in [6.07, 6.45) is 0. The number of fused-ring (bicyclic) bond motifs is 1. The number of thiophene rings is 3. The highest BCUT2D eigenvalue weighted by Gasteiger charge is 2.27. The Kier molecular flexibility index (Phi) is 3.28. The molecule has 0 saturated heterocycles. The summed E-state index contributed by atoms with van der Waals surface area (Å²) in [4.78, 5) is 7.56. The predicted octanol–water partition coefficient (Wildman–Crippen LogP) is 5.59. The van der Waals surface area contributed by atoms with Gasteiger partial charge in [-0.1, -0.05) is 0 Å². The van der Waals surface area contributed by atoms with Crippen LogP contribution in [-0.2, 0) is 0 Å². The first-order chi connectivity index (χ1) is 10.2. The summed E-state index contributed by atoms with van der Waals surface area (Å²) >= 11 is 5.39. The van der Waals surface area contributed by atoms with Gasteiger partial charge < -0.3 is 9.47 Å². The summed E-state index contributed by atoms with van der Waals surface area (Å²) in [6, 6.07) is 8.66. The second kappa shape index (κ2) is 5.16. The maximum Gasteiger partial charge on any atom is 0.181 e. The molecular formula is C16H14O2S3. The molecule has 0 fully saturated rings. The molecular weight excluding hydrogens is 320 g/mol. The quantitative estimate of drug-likeness (QED) is 0.608. The van der Waals surface area contributed by atoms with E-state index in [9.17, 15) is 0 Å². The Morgan fingerprint density at radius 1 is 0.714 bits per heavy atom. The summed E-state index contributed by atoms with van der Waals surface area (Å²) in [5.74, 6) is 1.85. The number of aryl methyl sites for hydroxylation is 2. The molecule has 3 aromatic heterocycles. The zero-order valence-electron chi connectivity index (χ0n) is 11.8. The van der Waals surface area contributed by atoms with Crippen LogP contribution in [-0.4, -0.2) is 13.2 Å². The van der Waals surface area contributed by atoms with Crippen LogP contribution in [0.15, 0.2) is 24.3 Å². The fourth-order valence-corrected chi connectivity index (χ4v) is 5.53. The molecule has 2 nitrogen and oxygen atoms in total. The lowest BCUT2D eigenvalue weighted by molar-refractivity contribution is 0.175. The summed E-state index contributed by atoms with van der Waals surface area (Å²) in [6.45, 7) is 5.53. The van der Waals surface area contributed by atoms with Gasteiger partial charge in [0.1, 0.15) is 13.2 Å². The SMILES string of the molecule is Cc1ccc(-c2sc(-c3ccc(C)s3)c3c2OCCO3)s1. The molecule has 0 amide bonds. The number of hydrogen-bond donors (Lipinski definition) is 0. The first kappa shape index (κ1) is 13.4. The molecule has 4 heterocycles. The van der Waals surface area contributed by atoms with E-state index in [0.29, 0.717) is 13.2 Å². The fraction of sp³-hybridized carbons (Fsp3) is 0.250. The number of ether oxygens (including phenoxy) is 2. The van der Waals surface area contributed by atoms with Crippen molar-refractivity contribution in [2.75, 3.05) is 13.2 Å². The molecule has 0 N–H and O–H groups in total. The topological polar surface area (TPSA) is 18.5 Å². The molecule has 3 aromatic rings. The third-order valence-corrected chi connectivity index (χ3v) is 6.84. The molecule has 0 spiro atoms. The van der Waals surface area contributed by atoms with Gasteiger partial charge in [0.25, 0.3) is 0 Å². The van der Waals surface area contributed by atoms with Crippen molar-refractivity contribution in [3.8, 4) is 31.0 Å². The highest BCUT2D eigenvalue weighted by molar-refractivity contribution is 7.27. The van der Waals surface area contributed by atoms with Crippen LogP contribution < -0.4 is 9.47 Å². The zero-order valence-corrected chi connectivity index (χ0v) is 14.2. The standard InChI is InChI=1S/C16H14O2S3/c1-9-3-5-11(19-9)15-13-14(18-8-7-17-13)16(21-15)12-6-4-10(2)20-12/h3-6H,7-8H2,1-2H3. The second-order valence-electron chi connectivity index (χ2n) is 4.94. The molecule has 21 heavy (non-hydrogen) atoms. The first-order valence-electron chi connectivity index (χ1n) is 6.78. The number of hydrogen-bond acceptors (Lipinski definition) is 5. The molecule has 5 heteroatoms. The average Bonchev–Trinajstić information content (AvgIpc) is 3.17. The van der Waals surface area contributed by atoms with Crippen molar-refractivity contribution < 1.29 is 9.47 Å². The molecule has 4 rings (SSSR count). The molecule has 0 atom stereocenters. The van der Waals surface area contributed by atoms with Gasteiger partial charge in [-0.05, 0) is 38.1 Å². The summed E-state index contributed by atoms with van der Waals surface area (Å²) in [5, 5.41) is 0. The Morgan fingerprint density at radius 2 is 1.19 bits per heavy atom. The lowest BCUT2D eigenvalue weighted by Gasteiger charge is -2.16. The summed E-state index contributed by atoms with van der Waals surface area (Å²) in [7, 11) is 0. The molecule has 0 saturated carbocycles. The van der Waals surface area contributed by atoms with Crippen molar-refractivity contribution in [1.29, 1.82) is 0 Å². The van der Waals surface area contributed by atoms with E-state index in [1.807, 2.05) is 0 Å². The van der Waals surface area contributed by atoms with Crippen LogP contribution in [0.2, 0.25) is 0 Å². The van der Waals surface area contributed by atoms with Crippen LogP contribution in [0.3, 0.4) is 0 Å². The monoisotopic (exact) mass is 334 g/mol. The van der Waals surface area contributed by atoms with Gasteiger partial charge in [0.2, 0.25) is 0 Å². The van der Waals surface area contributed by atoms with Gasteiger partial charge in [0.15, 0.2) is 11.5 Å². The Hall–Kier alpha value is -1.30. The van der Waals surface area contributed by atoms with E-state index in [-0.39, 0.29) is 0 Å². The van der Waals surface area contributed by atoms with Crippen molar-refractivity contribution in [1.82, 2.24) is 0 Å². The Bertz CT molecular complexity index is 730. The van der Waals surface area contributed by atoms with Crippen molar-refractivity contribution >= 4 is 34.0 Å². The minimum absolute atomic E-state index is 0.629. The summed E-state index contributed by atoms with van der Waals surface area (Å²) in [5.41, 5.74) is 0. The highest BCUT2D eigenvalue weighted by atomic mass is 32.1. The van der Waals surface area contributed by atoms with E-state index in [1.54, 1.807) is 34.0 Å². The normalized spacial score (nSPS) is 13.6. The van der Waals surface area contributed by atoms with Gasteiger partial charge in [-0.25, -0.2) is 0 Å². The van der Waals surface area contributed by atoms with Crippen LogP contribution in [0.25, 0.3) is 19.5 Å². The lowest BCUT2D eigenvalue weighted by Crippen LogP contribution is -2.14. The van der Waals surface area contributed by atoms with E-state index in [0.717, 1.165) is 11.5 Å². The number of rotatable bonds is 2. The third kappa shape index (κ3) is 2.29. The predicted molar refractivity (Wildman–Crippen MR) is 91.4 cm³/mol. The van der Waals surface area contributed by atoms with E-state index >= 15 is 0 Å². The van der Waals surface area contributed by atoms with Crippen molar-refractivity contribution in [2.45, 2.75) is 13.8 Å². The molecule has 1 aliphatic rings. The molecule has 0 unspecified atom stereocenters. The van der Waals surface area contributed by atoms with E-state index < -0.39 is 0 Å². The van der Waals surface area contributed by atoms with E-state index in [2.05, 4.69) is 38.1 Å². The Morgan fingerprint density at radius 3 is 1.57 bits per heavy atom. The van der Waals surface area contributed by atoms with Gasteiger partial charge in [-0.3, -0.25) is 0 Å². The summed E-state index contributed by atoms with van der Waals surface area (Å²) < 4.78 is 11.8. The maximum atomic E-state index is 5.92. The minimum Gasteiger partial charge on any atom is -0.485 e. The second-order valence-corrected chi connectivity index (χ2v) is 8.53. The third-order valence-electron chi connectivity index (χ3n) is 3.33. The van der Waals surface area contributed by atoms with E-state index in [1.165, 1.54) is 29.3 Å². The van der Waals surface area contributed by atoms with Crippen LogP contribution >= 0.6 is 34.0 Å². The van der Waals surface area contributed by atoms with Crippen LogP contribution in [0.4, 0.5) is 0 Å². The zero-order chi connectivity index (χ0) is 14.4. The smallest absolute Gasteiger partial charge is 0.181 e. The lowest BCUT2D eigenvalue weighted by atomic mass is 10.2. The molecule has 1 aliphatic heterocycles. The minimum atomic E-state index is 0.629. The van der Waals surface area contributed by atoms with Crippen LogP contribution in [0.5, 0.6) is 11.5 Å². The fourth-order valence-electron chi connectivity index (χ4n) is 2.39. The Balaban J connectivity index is 1.90. The Labute approximate surface area is 135 Å². The molecule has 0 aliphatic carbocycles. The average molecular weight is 334 g/mol. The molecule has 0 radical (unpaired) electrons. The van der Waals surface area contributed by atoms with Crippen molar-refractivity contribution in [3.63, 3.8) is 0 Å². The highest BCUT2D eigenvalue weighted by Crippen LogP contribution is 2.55.